The maximum Gasteiger partial charge on any atom is 0.255 e. The molecule has 6 heteroatoms. The predicted molar refractivity (Wildman–Crippen MR) is 132 cm³/mol. The molecule has 0 aromatic heterocycles. The van der Waals surface area contributed by atoms with Gasteiger partial charge in [0.15, 0.2) is 0 Å². The molecule has 3 amide bonds. The number of likely N-dealkylation sites (tertiary alicyclic amines) is 1. The van der Waals surface area contributed by atoms with Crippen LogP contribution in [0, 0.1) is 6.92 Å². The molecule has 0 bridgehead atoms. The van der Waals surface area contributed by atoms with Gasteiger partial charge in [-0.15, -0.1) is 0 Å². The molecule has 180 valence electrons. The maximum atomic E-state index is 14.0. The van der Waals surface area contributed by atoms with E-state index >= 15 is 0 Å². The number of rotatable bonds is 6. The van der Waals surface area contributed by atoms with E-state index in [1.54, 1.807) is 11.8 Å². The van der Waals surface area contributed by atoms with Gasteiger partial charge in [-0.05, 0) is 50.3 Å². The minimum absolute atomic E-state index is 0.00979. The van der Waals surface area contributed by atoms with Gasteiger partial charge in [0.2, 0.25) is 11.8 Å². The van der Waals surface area contributed by atoms with Gasteiger partial charge in [0.1, 0.15) is 5.54 Å². The fraction of sp³-hybridized carbons (Fsp3) is 0.464. The Balaban J connectivity index is 1.68. The van der Waals surface area contributed by atoms with Crippen molar-refractivity contribution in [3.63, 3.8) is 0 Å². The number of nitrogens with one attached hydrogen (secondary N) is 1. The zero-order chi connectivity index (χ0) is 24.1. The average molecular weight is 462 g/mol. The van der Waals surface area contributed by atoms with E-state index in [1.807, 2.05) is 66.4 Å². The summed E-state index contributed by atoms with van der Waals surface area (Å²) in [4.78, 5) is 43.7. The van der Waals surface area contributed by atoms with Crippen LogP contribution in [0.2, 0.25) is 0 Å². The first-order valence-electron chi connectivity index (χ1n) is 12.4. The highest BCUT2D eigenvalue weighted by Crippen LogP contribution is 2.37. The second kappa shape index (κ2) is 10.4. The van der Waals surface area contributed by atoms with Crippen molar-refractivity contribution in [2.45, 2.75) is 70.5 Å². The Labute approximate surface area is 202 Å². The Hall–Kier alpha value is -3.15. The number of aryl methyl sites for hydroxylation is 1. The Morgan fingerprint density at radius 1 is 0.971 bits per heavy atom. The topological polar surface area (TPSA) is 69.7 Å². The zero-order valence-electron chi connectivity index (χ0n) is 20.3. The number of benzene rings is 2. The predicted octanol–water partition coefficient (Wildman–Crippen LogP) is 4.08. The molecule has 1 N–H and O–H groups in total. The van der Waals surface area contributed by atoms with Crippen LogP contribution < -0.4 is 5.32 Å². The molecule has 0 spiro atoms. The van der Waals surface area contributed by atoms with Crippen LogP contribution in [0.3, 0.4) is 0 Å². The number of amides is 3. The van der Waals surface area contributed by atoms with E-state index in [1.165, 1.54) is 0 Å². The van der Waals surface area contributed by atoms with E-state index in [2.05, 4.69) is 5.32 Å². The van der Waals surface area contributed by atoms with Crippen molar-refractivity contribution in [3.8, 4) is 0 Å². The van der Waals surface area contributed by atoms with Crippen LogP contribution in [0.4, 0.5) is 0 Å². The number of piperidine rings is 1. The number of nitrogens with zero attached hydrogens (tertiary/aromatic N) is 2. The highest BCUT2D eigenvalue weighted by molar-refractivity contribution is 5.99. The van der Waals surface area contributed by atoms with Crippen molar-refractivity contribution in [2.75, 3.05) is 13.1 Å². The van der Waals surface area contributed by atoms with Gasteiger partial charge < -0.3 is 15.1 Å². The molecule has 1 heterocycles. The molecular weight excluding hydrogens is 426 g/mol. The minimum Gasteiger partial charge on any atom is -0.350 e. The van der Waals surface area contributed by atoms with Crippen LogP contribution in [0.25, 0.3) is 0 Å². The van der Waals surface area contributed by atoms with Gasteiger partial charge in [0.25, 0.3) is 5.91 Å². The second-order valence-electron chi connectivity index (χ2n) is 9.69. The van der Waals surface area contributed by atoms with Crippen LogP contribution >= 0.6 is 0 Å². The van der Waals surface area contributed by atoms with Gasteiger partial charge in [-0.25, -0.2) is 0 Å². The highest BCUT2D eigenvalue weighted by atomic mass is 16.2. The smallest absolute Gasteiger partial charge is 0.255 e. The maximum absolute atomic E-state index is 14.0. The average Bonchev–Trinajstić information content (AvgIpc) is 3.38. The molecule has 1 saturated heterocycles. The lowest BCUT2D eigenvalue weighted by atomic mass is 9.82. The molecule has 1 aliphatic carbocycles. The third-order valence-electron chi connectivity index (χ3n) is 7.42. The molecule has 1 aliphatic heterocycles. The second-order valence-corrected chi connectivity index (χ2v) is 9.69. The SMILES string of the molecule is CC(=O)N1CCC(C(=O)NCc2ccccc2)(N(C(=O)c2ccc(C)cc2)C2CCCC2)CC1. The molecule has 2 aromatic rings. The van der Waals surface area contributed by atoms with Gasteiger partial charge in [-0.3, -0.25) is 14.4 Å². The summed E-state index contributed by atoms with van der Waals surface area (Å²) in [7, 11) is 0. The molecule has 2 fully saturated rings. The number of carbonyl (C=O) groups is 3. The summed E-state index contributed by atoms with van der Waals surface area (Å²) in [6, 6.07) is 17.5. The van der Waals surface area contributed by atoms with Crippen molar-refractivity contribution in [1.82, 2.24) is 15.1 Å². The van der Waals surface area contributed by atoms with Crippen molar-refractivity contribution >= 4 is 17.7 Å². The molecule has 0 atom stereocenters. The summed E-state index contributed by atoms with van der Waals surface area (Å²) >= 11 is 0. The summed E-state index contributed by atoms with van der Waals surface area (Å²) in [5.41, 5.74) is 1.75. The highest BCUT2D eigenvalue weighted by Gasteiger charge is 2.51. The summed E-state index contributed by atoms with van der Waals surface area (Å²) in [6.45, 7) is 4.92. The van der Waals surface area contributed by atoms with Gasteiger partial charge in [-0.2, -0.15) is 0 Å². The van der Waals surface area contributed by atoms with Crippen molar-refractivity contribution in [1.29, 1.82) is 0 Å². The number of carbonyl (C=O) groups excluding carboxylic acids is 3. The third-order valence-corrected chi connectivity index (χ3v) is 7.42. The summed E-state index contributed by atoms with van der Waals surface area (Å²) in [5, 5.41) is 3.14. The summed E-state index contributed by atoms with van der Waals surface area (Å²) < 4.78 is 0. The zero-order valence-corrected chi connectivity index (χ0v) is 20.3. The number of hydrogen-bond acceptors (Lipinski definition) is 3. The van der Waals surface area contributed by atoms with E-state index in [-0.39, 0.29) is 23.8 Å². The van der Waals surface area contributed by atoms with Crippen LogP contribution in [0.5, 0.6) is 0 Å². The molecule has 6 nitrogen and oxygen atoms in total. The van der Waals surface area contributed by atoms with E-state index in [0.717, 1.165) is 36.8 Å². The van der Waals surface area contributed by atoms with Crippen LogP contribution in [0.1, 0.15) is 66.9 Å². The lowest BCUT2D eigenvalue weighted by molar-refractivity contribution is -0.142. The quantitative estimate of drug-likeness (QED) is 0.705. The monoisotopic (exact) mass is 461 g/mol. The van der Waals surface area contributed by atoms with Crippen LogP contribution in [-0.2, 0) is 16.1 Å². The third kappa shape index (κ3) is 5.01. The molecule has 2 aliphatic rings. The Kier molecular flexibility index (Phi) is 7.35. The first-order chi connectivity index (χ1) is 16.4. The van der Waals surface area contributed by atoms with E-state index in [4.69, 9.17) is 0 Å². The standard InChI is InChI=1S/C28H35N3O3/c1-21-12-14-24(15-13-21)26(33)31(25-10-6-7-11-25)28(16-18-30(19-17-28)22(2)32)27(34)29-20-23-8-4-3-5-9-23/h3-5,8-9,12-15,25H,6-7,10-11,16-20H2,1-2H3,(H,29,34). The molecule has 4 rings (SSSR count). The molecule has 34 heavy (non-hydrogen) atoms. The Morgan fingerprint density at radius 3 is 2.18 bits per heavy atom. The van der Waals surface area contributed by atoms with Crippen LogP contribution in [-0.4, -0.2) is 52.2 Å². The Morgan fingerprint density at radius 2 is 1.59 bits per heavy atom. The van der Waals surface area contributed by atoms with E-state index in [0.29, 0.717) is 38.0 Å². The van der Waals surface area contributed by atoms with E-state index in [9.17, 15) is 14.4 Å². The van der Waals surface area contributed by atoms with Gasteiger partial charge >= 0.3 is 0 Å². The lowest BCUT2D eigenvalue weighted by Gasteiger charge is -2.50. The first-order valence-corrected chi connectivity index (χ1v) is 12.4. The van der Waals surface area contributed by atoms with Crippen molar-refractivity contribution in [2.24, 2.45) is 0 Å². The van der Waals surface area contributed by atoms with Crippen molar-refractivity contribution < 1.29 is 14.4 Å². The Bertz CT molecular complexity index is 1000. The van der Waals surface area contributed by atoms with Gasteiger partial charge in [0.05, 0.1) is 0 Å². The normalized spacial score (nSPS) is 17.9. The van der Waals surface area contributed by atoms with Crippen LogP contribution in [0.15, 0.2) is 54.6 Å². The summed E-state index contributed by atoms with van der Waals surface area (Å²) in [5.74, 6) is -0.194. The van der Waals surface area contributed by atoms with Crippen molar-refractivity contribution in [3.05, 3.63) is 71.3 Å². The summed E-state index contributed by atoms with van der Waals surface area (Å²) in [6.07, 6.45) is 4.82. The molecule has 0 radical (unpaired) electrons. The largest absolute Gasteiger partial charge is 0.350 e. The molecular formula is C28H35N3O3. The fourth-order valence-electron chi connectivity index (χ4n) is 5.42. The first kappa shape index (κ1) is 24.0. The molecule has 1 saturated carbocycles. The van der Waals surface area contributed by atoms with Gasteiger partial charge in [-0.1, -0.05) is 60.9 Å². The fourth-order valence-corrected chi connectivity index (χ4v) is 5.42. The number of hydrogen-bond donors (Lipinski definition) is 1. The minimum atomic E-state index is -0.974. The molecule has 0 unspecified atom stereocenters. The van der Waals surface area contributed by atoms with Gasteiger partial charge in [0, 0.05) is 38.2 Å². The van der Waals surface area contributed by atoms with E-state index < -0.39 is 5.54 Å². The lowest BCUT2D eigenvalue weighted by Crippen LogP contribution is -2.67. The molecule has 2 aromatic carbocycles.